The van der Waals surface area contributed by atoms with E-state index in [0.717, 1.165) is 11.7 Å². The summed E-state index contributed by atoms with van der Waals surface area (Å²) in [4.78, 5) is 0. The van der Waals surface area contributed by atoms with Crippen molar-refractivity contribution in [2.75, 3.05) is 6.61 Å². The van der Waals surface area contributed by atoms with E-state index in [2.05, 4.69) is 31.3 Å². The van der Waals surface area contributed by atoms with Crippen molar-refractivity contribution in [1.29, 1.82) is 5.26 Å². The Kier molecular flexibility index (Phi) is 6.07. The Morgan fingerprint density at radius 3 is 2.48 bits per heavy atom. The van der Waals surface area contributed by atoms with Gasteiger partial charge in [0, 0.05) is 12.1 Å². The summed E-state index contributed by atoms with van der Waals surface area (Å²) in [5.74, 6) is 1.58. The zero-order chi connectivity index (χ0) is 15.1. The van der Waals surface area contributed by atoms with Crippen LogP contribution in [0.2, 0.25) is 0 Å². The molecule has 1 aromatic rings. The van der Waals surface area contributed by atoms with Crippen molar-refractivity contribution in [3.63, 3.8) is 0 Å². The third-order valence-electron chi connectivity index (χ3n) is 4.55. The van der Waals surface area contributed by atoms with E-state index < -0.39 is 0 Å². The van der Waals surface area contributed by atoms with Gasteiger partial charge in [0.05, 0.1) is 0 Å². The highest BCUT2D eigenvalue weighted by atomic mass is 16.5. The van der Waals surface area contributed by atoms with Crippen molar-refractivity contribution in [2.24, 2.45) is 5.92 Å². The highest BCUT2D eigenvalue weighted by Crippen LogP contribution is 2.28. The maximum absolute atomic E-state index is 8.51. The molecular formula is C18H26N2O. The van der Waals surface area contributed by atoms with E-state index in [4.69, 9.17) is 10.00 Å². The third-order valence-corrected chi connectivity index (χ3v) is 4.55. The van der Waals surface area contributed by atoms with Crippen LogP contribution in [0.15, 0.2) is 24.3 Å². The van der Waals surface area contributed by atoms with Crippen LogP contribution in [0.5, 0.6) is 5.75 Å². The van der Waals surface area contributed by atoms with E-state index in [1.807, 2.05) is 18.2 Å². The van der Waals surface area contributed by atoms with Gasteiger partial charge in [0.15, 0.2) is 6.61 Å². The molecule has 0 saturated heterocycles. The smallest absolute Gasteiger partial charge is 0.174 e. The number of hydrogen-bond donors (Lipinski definition) is 1. The maximum atomic E-state index is 8.51. The van der Waals surface area contributed by atoms with Crippen molar-refractivity contribution in [1.82, 2.24) is 5.32 Å². The molecule has 1 fully saturated rings. The zero-order valence-corrected chi connectivity index (χ0v) is 13.1. The first-order valence-corrected chi connectivity index (χ1v) is 8.06. The average molecular weight is 286 g/mol. The van der Waals surface area contributed by atoms with E-state index in [-0.39, 0.29) is 6.61 Å². The lowest BCUT2D eigenvalue weighted by Gasteiger charge is -2.30. The van der Waals surface area contributed by atoms with Gasteiger partial charge in [-0.15, -0.1) is 0 Å². The number of nitrogens with zero attached hydrogens (tertiary/aromatic N) is 1. The molecule has 3 nitrogen and oxygen atoms in total. The summed E-state index contributed by atoms with van der Waals surface area (Å²) in [5, 5.41) is 12.2. The molecule has 0 heterocycles. The number of hydrogen-bond acceptors (Lipinski definition) is 3. The Bertz CT molecular complexity index is 457. The van der Waals surface area contributed by atoms with E-state index in [9.17, 15) is 0 Å². The first-order chi connectivity index (χ1) is 10.2. The Morgan fingerprint density at radius 2 is 1.86 bits per heavy atom. The Labute approximate surface area is 128 Å². The molecule has 1 unspecified atom stereocenters. The van der Waals surface area contributed by atoms with Gasteiger partial charge < -0.3 is 10.1 Å². The standard InChI is InChI=1S/C18H26N2O/c1-14(16-6-4-3-5-7-16)20-15(2)17-8-10-18(11-9-17)21-13-12-19/h8-11,14-16,20H,3-7,13H2,1-2H3/t14-,15?/m0/s1. The van der Waals surface area contributed by atoms with Crippen LogP contribution in [0, 0.1) is 17.2 Å². The summed E-state index contributed by atoms with van der Waals surface area (Å²) in [6.07, 6.45) is 6.90. The number of ether oxygens (including phenoxy) is 1. The lowest BCUT2D eigenvalue weighted by atomic mass is 9.84. The van der Waals surface area contributed by atoms with Crippen LogP contribution in [0.4, 0.5) is 0 Å². The van der Waals surface area contributed by atoms with Crippen LogP contribution in [0.3, 0.4) is 0 Å². The first-order valence-electron chi connectivity index (χ1n) is 8.06. The van der Waals surface area contributed by atoms with Gasteiger partial charge in [0.1, 0.15) is 11.8 Å². The molecule has 1 saturated carbocycles. The summed E-state index contributed by atoms with van der Waals surface area (Å²) in [5.41, 5.74) is 1.27. The Hall–Kier alpha value is -1.53. The molecule has 1 aliphatic carbocycles. The summed E-state index contributed by atoms with van der Waals surface area (Å²) in [6.45, 7) is 4.63. The van der Waals surface area contributed by atoms with Crippen molar-refractivity contribution >= 4 is 0 Å². The van der Waals surface area contributed by atoms with E-state index in [1.54, 1.807) is 0 Å². The fraction of sp³-hybridized carbons (Fsp3) is 0.611. The van der Waals surface area contributed by atoms with Crippen molar-refractivity contribution in [3.05, 3.63) is 29.8 Å². The van der Waals surface area contributed by atoms with Gasteiger partial charge in [-0.2, -0.15) is 5.26 Å². The molecule has 1 N–H and O–H groups in total. The van der Waals surface area contributed by atoms with Gasteiger partial charge in [-0.1, -0.05) is 31.4 Å². The fourth-order valence-corrected chi connectivity index (χ4v) is 3.23. The lowest BCUT2D eigenvalue weighted by Crippen LogP contribution is -2.36. The van der Waals surface area contributed by atoms with Crippen LogP contribution in [-0.4, -0.2) is 12.6 Å². The van der Waals surface area contributed by atoms with Gasteiger partial charge in [-0.05, 0) is 50.3 Å². The topological polar surface area (TPSA) is 45.0 Å². The van der Waals surface area contributed by atoms with E-state index in [0.29, 0.717) is 12.1 Å². The summed E-state index contributed by atoms with van der Waals surface area (Å²) in [7, 11) is 0. The molecule has 0 spiro atoms. The predicted octanol–water partition coefficient (Wildman–Crippen LogP) is 4.21. The van der Waals surface area contributed by atoms with Gasteiger partial charge in [0.25, 0.3) is 0 Å². The Morgan fingerprint density at radius 1 is 1.19 bits per heavy atom. The van der Waals surface area contributed by atoms with Crippen LogP contribution >= 0.6 is 0 Å². The molecule has 21 heavy (non-hydrogen) atoms. The molecule has 2 rings (SSSR count). The Balaban J connectivity index is 1.87. The highest BCUT2D eigenvalue weighted by molar-refractivity contribution is 5.29. The average Bonchev–Trinajstić information content (AvgIpc) is 2.54. The van der Waals surface area contributed by atoms with Crippen molar-refractivity contribution < 1.29 is 4.74 Å². The van der Waals surface area contributed by atoms with Crippen LogP contribution in [0.25, 0.3) is 0 Å². The second kappa shape index (κ2) is 8.05. The van der Waals surface area contributed by atoms with E-state index >= 15 is 0 Å². The molecule has 114 valence electrons. The quantitative estimate of drug-likeness (QED) is 0.852. The number of nitrogens with one attached hydrogen (secondary N) is 1. The molecular weight excluding hydrogens is 260 g/mol. The normalized spacial score (nSPS) is 18.7. The molecule has 0 aliphatic heterocycles. The second-order valence-electron chi connectivity index (χ2n) is 6.09. The van der Waals surface area contributed by atoms with Crippen molar-refractivity contribution in [3.8, 4) is 11.8 Å². The number of benzene rings is 1. The molecule has 0 bridgehead atoms. The second-order valence-corrected chi connectivity index (χ2v) is 6.09. The van der Waals surface area contributed by atoms with Crippen LogP contribution < -0.4 is 10.1 Å². The van der Waals surface area contributed by atoms with E-state index in [1.165, 1.54) is 37.7 Å². The molecule has 0 amide bonds. The molecule has 3 heteroatoms. The molecule has 0 aromatic heterocycles. The van der Waals surface area contributed by atoms with Gasteiger partial charge in [0.2, 0.25) is 0 Å². The zero-order valence-electron chi connectivity index (χ0n) is 13.1. The minimum absolute atomic E-state index is 0.103. The summed E-state index contributed by atoms with van der Waals surface area (Å²) >= 11 is 0. The first kappa shape index (κ1) is 15.9. The van der Waals surface area contributed by atoms with Gasteiger partial charge in [-0.25, -0.2) is 0 Å². The minimum Gasteiger partial charge on any atom is -0.479 e. The number of rotatable bonds is 6. The third kappa shape index (κ3) is 4.75. The molecule has 0 radical (unpaired) electrons. The summed E-state index contributed by atoms with van der Waals surface area (Å²) in [6, 6.07) is 10.9. The number of nitriles is 1. The predicted molar refractivity (Wildman–Crippen MR) is 85.1 cm³/mol. The maximum Gasteiger partial charge on any atom is 0.174 e. The minimum atomic E-state index is 0.103. The van der Waals surface area contributed by atoms with Gasteiger partial charge in [-0.3, -0.25) is 0 Å². The fourth-order valence-electron chi connectivity index (χ4n) is 3.23. The van der Waals surface area contributed by atoms with Gasteiger partial charge >= 0.3 is 0 Å². The molecule has 1 aromatic carbocycles. The SMILES string of the molecule is CC(N[C@@H](C)C1CCCCC1)c1ccc(OCC#N)cc1. The highest BCUT2D eigenvalue weighted by Gasteiger charge is 2.21. The van der Waals surface area contributed by atoms with Crippen LogP contribution in [0.1, 0.15) is 57.6 Å². The summed E-state index contributed by atoms with van der Waals surface area (Å²) < 4.78 is 5.28. The molecule has 2 atom stereocenters. The monoisotopic (exact) mass is 286 g/mol. The largest absolute Gasteiger partial charge is 0.479 e. The van der Waals surface area contributed by atoms with Crippen LogP contribution in [-0.2, 0) is 0 Å². The lowest BCUT2D eigenvalue weighted by molar-refractivity contribution is 0.268. The van der Waals surface area contributed by atoms with Crippen molar-refractivity contribution in [2.45, 2.75) is 58.0 Å². The molecule has 1 aliphatic rings.